The number of esters is 1. The van der Waals surface area contributed by atoms with Gasteiger partial charge < -0.3 is 20.3 Å². The smallest absolute Gasteiger partial charge is 0.305 e. The van der Waals surface area contributed by atoms with Crippen LogP contribution in [0.4, 0.5) is 0 Å². The molecule has 0 fully saturated rings. The van der Waals surface area contributed by atoms with Crippen molar-refractivity contribution in [1.29, 1.82) is 0 Å². The molecular formula is C59H111NO5. The second kappa shape index (κ2) is 54.7. The van der Waals surface area contributed by atoms with Crippen molar-refractivity contribution in [1.82, 2.24) is 5.32 Å². The molecule has 0 spiro atoms. The molecule has 0 aliphatic rings. The number of aliphatic hydroxyl groups is 2. The standard InChI is InChI=1S/C59H111NO5/c1-3-5-7-9-11-13-15-16-25-29-33-37-41-45-49-53-59(64)65-54-50-46-42-38-34-30-27-24-22-20-18-17-19-21-23-26-28-32-36-40-44-48-52-58(63)60-56(55-61)57(62)51-47-43-39-35-31-14-12-10-8-6-4-2/h11,13,16,25,47,51,56-57,61-62H,3-10,12,14-15,17-24,26-46,48-50,52-55H2,1-2H3,(H,60,63)/b13-11-,25-16-,51-47+. The predicted octanol–water partition coefficient (Wildman–Crippen LogP) is 17.6. The number of carbonyl (C=O) groups is 2. The van der Waals surface area contributed by atoms with Crippen LogP contribution in [0.3, 0.4) is 0 Å². The van der Waals surface area contributed by atoms with Crippen LogP contribution >= 0.6 is 0 Å². The summed E-state index contributed by atoms with van der Waals surface area (Å²) >= 11 is 0. The first-order valence-corrected chi connectivity index (χ1v) is 28.8. The number of carbonyl (C=O) groups excluding carboxylic acids is 2. The number of ether oxygens (including phenoxy) is 1. The lowest BCUT2D eigenvalue weighted by Gasteiger charge is -2.20. The molecular weight excluding hydrogens is 803 g/mol. The van der Waals surface area contributed by atoms with E-state index >= 15 is 0 Å². The maximum atomic E-state index is 12.4. The van der Waals surface area contributed by atoms with Crippen molar-refractivity contribution in [3.05, 3.63) is 36.5 Å². The van der Waals surface area contributed by atoms with Gasteiger partial charge in [0.2, 0.25) is 5.91 Å². The Morgan fingerprint density at radius 2 is 0.769 bits per heavy atom. The third-order valence-electron chi connectivity index (χ3n) is 13.2. The van der Waals surface area contributed by atoms with Crippen LogP contribution in [0, 0.1) is 0 Å². The van der Waals surface area contributed by atoms with Gasteiger partial charge in [0.15, 0.2) is 0 Å². The second-order valence-corrected chi connectivity index (χ2v) is 19.6. The average molecular weight is 915 g/mol. The lowest BCUT2D eigenvalue weighted by molar-refractivity contribution is -0.143. The number of hydrogen-bond acceptors (Lipinski definition) is 5. The van der Waals surface area contributed by atoms with Gasteiger partial charge in [-0.1, -0.05) is 262 Å². The maximum absolute atomic E-state index is 12.4. The third-order valence-corrected chi connectivity index (χ3v) is 13.2. The van der Waals surface area contributed by atoms with E-state index in [0.717, 1.165) is 51.4 Å². The van der Waals surface area contributed by atoms with Gasteiger partial charge in [0.05, 0.1) is 25.4 Å². The largest absolute Gasteiger partial charge is 0.466 e. The molecule has 0 aromatic rings. The van der Waals surface area contributed by atoms with Gasteiger partial charge in [-0.15, -0.1) is 0 Å². The molecule has 6 nitrogen and oxygen atoms in total. The van der Waals surface area contributed by atoms with Crippen LogP contribution in [0.5, 0.6) is 0 Å². The van der Waals surface area contributed by atoms with Crippen molar-refractivity contribution >= 4 is 11.9 Å². The minimum atomic E-state index is -0.843. The highest BCUT2D eigenvalue weighted by atomic mass is 16.5. The molecule has 65 heavy (non-hydrogen) atoms. The predicted molar refractivity (Wildman–Crippen MR) is 283 cm³/mol. The molecule has 0 aromatic heterocycles. The minimum Gasteiger partial charge on any atom is -0.466 e. The molecule has 6 heteroatoms. The van der Waals surface area contributed by atoms with Crippen molar-refractivity contribution in [2.45, 2.75) is 315 Å². The van der Waals surface area contributed by atoms with Crippen LogP contribution in [0.2, 0.25) is 0 Å². The molecule has 0 saturated carbocycles. The summed E-state index contributed by atoms with van der Waals surface area (Å²) in [6, 6.07) is -0.627. The Hall–Kier alpha value is -1.92. The normalized spacial score (nSPS) is 12.9. The van der Waals surface area contributed by atoms with E-state index in [2.05, 4.69) is 43.5 Å². The highest BCUT2D eigenvalue weighted by Crippen LogP contribution is 2.17. The highest BCUT2D eigenvalue weighted by Gasteiger charge is 2.18. The van der Waals surface area contributed by atoms with Crippen LogP contribution in [0.1, 0.15) is 303 Å². The van der Waals surface area contributed by atoms with Gasteiger partial charge in [-0.05, 0) is 64.2 Å². The topological polar surface area (TPSA) is 95.9 Å². The SMILES string of the molecule is CCCCC/C=C\C/C=C\CCCCCCCC(=O)OCCCCCCCCCCCCCCCCCCCCCCCCC(=O)NC(CO)C(O)/C=C/CCCCCCCCCCC. The van der Waals surface area contributed by atoms with Gasteiger partial charge in [0.25, 0.3) is 0 Å². The van der Waals surface area contributed by atoms with Crippen molar-refractivity contribution in [3.63, 3.8) is 0 Å². The number of unbranched alkanes of at least 4 members (excludes halogenated alkanes) is 38. The number of nitrogens with one attached hydrogen (secondary N) is 1. The molecule has 0 aliphatic carbocycles. The van der Waals surface area contributed by atoms with Gasteiger partial charge in [-0.25, -0.2) is 0 Å². The summed E-state index contributed by atoms with van der Waals surface area (Å²) in [4.78, 5) is 24.5. The fourth-order valence-electron chi connectivity index (χ4n) is 8.72. The van der Waals surface area contributed by atoms with E-state index in [1.165, 1.54) is 225 Å². The molecule has 0 rings (SSSR count). The van der Waals surface area contributed by atoms with Gasteiger partial charge in [0, 0.05) is 12.8 Å². The van der Waals surface area contributed by atoms with E-state index in [9.17, 15) is 19.8 Å². The van der Waals surface area contributed by atoms with Crippen molar-refractivity contribution < 1.29 is 24.5 Å². The second-order valence-electron chi connectivity index (χ2n) is 19.6. The van der Waals surface area contributed by atoms with E-state index in [1.807, 2.05) is 6.08 Å². The van der Waals surface area contributed by atoms with Gasteiger partial charge >= 0.3 is 5.97 Å². The van der Waals surface area contributed by atoms with E-state index in [0.29, 0.717) is 19.4 Å². The molecule has 3 N–H and O–H groups in total. The Bertz CT molecular complexity index is 1060. The van der Waals surface area contributed by atoms with Gasteiger partial charge in [0.1, 0.15) is 0 Å². The Morgan fingerprint density at radius 3 is 1.20 bits per heavy atom. The Labute approximate surface area is 404 Å². The number of allylic oxidation sites excluding steroid dienone is 5. The highest BCUT2D eigenvalue weighted by molar-refractivity contribution is 5.76. The molecule has 0 aromatic carbocycles. The Kier molecular flexibility index (Phi) is 53.1. The molecule has 1 amide bonds. The van der Waals surface area contributed by atoms with Gasteiger partial charge in [-0.3, -0.25) is 9.59 Å². The van der Waals surface area contributed by atoms with Crippen molar-refractivity contribution in [3.8, 4) is 0 Å². The summed E-state index contributed by atoms with van der Waals surface area (Å²) in [5.41, 5.74) is 0. The molecule has 0 heterocycles. The van der Waals surface area contributed by atoms with Crippen molar-refractivity contribution in [2.75, 3.05) is 13.2 Å². The monoisotopic (exact) mass is 914 g/mol. The average Bonchev–Trinajstić information content (AvgIpc) is 3.31. The fraction of sp³-hybridized carbons (Fsp3) is 0.864. The first-order chi connectivity index (χ1) is 32.0. The fourth-order valence-corrected chi connectivity index (χ4v) is 8.72. The third kappa shape index (κ3) is 51.3. The first-order valence-electron chi connectivity index (χ1n) is 28.8. The first kappa shape index (κ1) is 63.1. The molecule has 2 unspecified atom stereocenters. The summed E-state index contributed by atoms with van der Waals surface area (Å²) in [5, 5.41) is 23.0. The van der Waals surface area contributed by atoms with E-state index in [4.69, 9.17) is 4.74 Å². The summed E-state index contributed by atoms with van der Waals surface area (Å²) in [7, 11) is 0. The molecule has 0 aliphatic heterocycles. The van der Waals surface area contributed by atoms with Crippen LogP contribution < -0.4 is 5.32 Å². The molecule has 0 bridgehead atoms. The zero-order valence-corrected chi connectivity index (χ0v) is 43.5. The summed E-state index contributed by atoms with van der Waals surface area (Å²) in [6.07, 6.45) is 67.4. The quantitative estimate of drug-likeness (QED) is 0.0321. The molecule has 2 atom stereocenters. The van der Waals surface area contributed by atoms with Gasteiger partial charge in [-0.2, -0.15) is 0 Å². The zero-order chi connectivity index (χ0) is 47.2. The van der Waals surface area contributed by atoms with Crippen LogP contribution in [0.25, 0.3) is 0 Å². The van der Waals surface area contributed by atoms with E-state index in [1.54, 1.807) is 6.08 Å². The molecule has 0 radical (unpaired) electrons. The number of amides is 1. The molecule has 382 valence electrons. The molecule has 0 saturated heterocycles. The number of aliphatic hydroxyl groups excluding tert-OH is 2. The minimum absolute atomic E-state index is 0.00171. The lowest BCUT2D eigenvalue weighted by atomic mass is 10.0. The Balaban J connectivity index is 3.39. The summed E-state index contributed by atoms with van der Waals surface area (Å²) in [5.74, 6) is -0.0713. The lowest BCUT2D eigenvalue weighted by Crippen LogP contribution is -2.45. The maximum Gasteiger partial charge on any atom is 0.305 e. The van der Waals surface area contributed by atoms with Crippen LogP contribution in [-0.2, 0) is 14.3 Å². The zero-order valence-electron chi connectivity index (χ0n) is 43.5. The van der Waals surface area contributed by atoms with E-state index < -0.39 is 12.1 Å². The van der Waals surface area contributed by atoms with Crippen LogP contribution in [0.15, 0.2) is 36.5 Å². The van der Waals surface area contributed by atoms with E-state index in [-0.39, 0.29) is 18.5 Å². The van der Waals surface area contributed by atoms with Crippen LogP contribution in [-0.4, -0.2) is 47.4 Å². The number of hydrogen-bond donors (Lipinski definition) is 3. The Morgan fingerprint density at radius 1 is 0.431 bits per heavy atom. The van der Waals surface area contributed by atoms with Crippen molar-refractivity contribution in [2.24, 2.45) is 0 Å². The number of rotatable bonds is 53. The summed E-state index contributed by atoms with van der Waals surface area (Å²) < 4.78 is 5.47. The summed E-state index contributed by atoms with van der Waals surface area (Å²) in [6.45, 7) is 4.86.